The minimum absolute atomic E-state index is 0.147. The number of thioether (sulfide) groups is 1. The van der Waals surface area contributed by atoms with E-state index in [1.165, 1.54) is 0 Å². The van der Waals surface area contributed by atoms with E-state index in [1.807, 2.05) is 11.8 Å². The maximum absolute atomic E-state index is 7.57. The topological polar surface area (TPSA) is 53.1 Å². The summed E-state index contributed by atoms with van der Waals surface area (Å²) in [5.74, 6) is 1.48. The first kappa shape index (κ1) is 11.9. The fraction of sp³-hybridized carbons (Fsp3) is 0.900. The lowest BCUT2D eigenvalue weighted by Gasteiger charge is -2.41. The molecule has 3 atom stereocenters. The summed E-state index contributed by atoms with van der Waals surface area (Å²) in [4.78, 5) is 2.38. The summed E-state index contributed by atoms with van der Waals surface area (Å²) >= 11 is 2.02. The molecule has 0 aromatic rings. The molecule has 1 aliphatic heterocycles. The zero-order chi connectivity index (χ0) is 10.7. The Morgan fingerprint density at radius 3 is 2.79 bits per heavy atom. The van der Waals surface area contributed by atoms with Crippen molar-refractivity contribution in [1.82, 2.24) is 4.90 Å². The van der Waals surface area contributed by atoms with Gasteiger partial charge in [-0.05, 0) is 13.3 Å². The van der Waals surface area contributed by atoms with Crippen LogP contribution in [0.4, 0.5) is 0 Å². The Balaban J connectivity index is 2.68. The largest absolute Gasteiger partial charge is 0.386 e. The molecule has 0 saturated carbocycles. The Morgan fingerprint density at radius 2 is 2.29 bits per heavy atom. The molecular weight excluding hydrogens is 194 g/mol. The normalized spacial score (nSPS) is 31.4. The second kappa shape index (κ2) is 5.03. The van der Waals surface area contributed by atoms with E-state index >= 15 is 0 Å². The van der Waals surface area contributed by atoms with Crippen LogP contribution in [0.1, 0.15) is 27.2 Å². The van der Waals surface area contributed by atoms with E-state index < -0.39 is 0 Å². The Morgan fingerprint density at radius 1 is 1.64 bits per heavy atom. The molecule has 1 rings (SSSR count). The van der Waals surface area contributed by atoms with Crippen LogP contribution >= 0.6 is 11.8 Å². The molecule has 14 heavy (non-hydrogen) atoms. The predicted octanol–water partition coefficient (Wildman–Crippen LogP) is 1.53. The molecule has 1 fully saturated rings. The lowest BCUT2D eigenvalue weighted by atomic mass is 10.1. The van der Waals surface area contributed by atoms with Gasteiger partial charge >= 0.3 is 0 Å². The van der Waals surface area contributed by atoms with Crippen molar-refractivity contribution < 1.29 is 0 Å². The molecule has 0 amide bonds. The van der Waals surface area contributed by atoms with Crippen LogP contribution in [0.5, 0.6) is 0 Å². The number of nitrogens with zero attached hydrogens (tertiary/aromatic N) is 1. The molecule has 0 aliphatic carbocycles. The number of hydrogen-bond donors (Lipinski definition) is 2. The van der Waals surface area contributed by atoms with Crippen LogP contribution in [0.25, 0.3) is 0 Å². The van der Waals surface area contributed by atoms with Crippen LogP contribution in [0, 0.1) is 5.41 Å². The Kier molecular flexibility index (Phi) is 4.26. The van der Waals surface area contributed by atoms with Gasteiger partial charge in [-0.25, -0.2) is 0 Å². The Bertz CT molecular complexity index is 208. The molecule has 0 aromatic heterocycles. The van der Waals surface area contributed by atoms with Crippen molar-refractivity contribution in [3.63, 3.8) is 0 Å². The molecule has 1 heterocycles. The monoisotopic (exact) mass is 215 g/mol. The second-order valence-corrected chi connectivity index (χ2v) is 5.42. The fourth-order valence-electron chi connectivity index (χ4n) is 2.03. The van der Waals surface area contributed by atoms with E-state index in [-0.39, 0.29) is 6.04 Å². The van der Waals surface area contributed by atoms with Crippen LogP contribution in [0.15, 0.2) is 0 Å². The van der Waals surface area contributed by atoms with E-state index in [0.29, 0.717) is 17.1 Å². The van der Waals surface area contributed by atoms with Crippen molar-refractivity contribution in [2.45, 2.75) is 44.5 Å². The van der Waals surface area contributed by atoms with E-state index in [0.717, 1.165) is 18.7 Å². The molecule has 0 bridgehead atoms. The van der Waals surface area contributed by atoms with Gasteiger partial charge in [-0.2, -0.15) is 11.8 Å². The molecule has 0 spiro atoms. The zero-order valence-electron chi connectivity index (χ0n) is 9.29. The summed E-state index contributed by atoms with van der Waals surface area (Å²) in [6.45, 7) is 7.66. The van der Waals surface area contributed by atoms with Crippen molar-refractivity contribution >= 4 is 17.6 Å². The standard InChI is InChI=1S/C10H21N3S/c1-4-9(10(11)12)13-5-6-14-8(3)7(13)2/h7-9H,4-6H2,1-3H3,(H3,11,12). The highest BCUT2D eigenvalue weighted by Gasteiger charge is 2.30. The molecule has 4 heteroatoms. The molecule has 1 aliphatic rings. The second-order valence-electron chi connectivity index (χ2n) is 3.93. The minimum atomic E-state index is 0.147. The average molecular weight is 215 g/mol. The van der Waals surface area contributed by atoms with Crippen LogP contribution in [-0.4, -0.2) is 40.4 Å². The summed E-state index contributed by atoms with van der Waals surface area (Å²) in [5.41, 5.74) is 5.62. The lowest BCUT2D eigenvalue weighted by Crippen LogP contribution is -2.54. The van der Waals surface area contributed by atoms with Crippen molar-refractivity contribution in [1.29, 1.82) is 5.41 Å². The van der Waals surface area contributed by atoms with Crippen molar-refractivity contribution in [3.8, 4) is 0 Å². The van der Waals surface area contributed by atoms with Gasteiger partial charge in [0.2, 0.25) is 0 Å². The number of amidine groups is 1. The van der Waals surface area contributed by atoms with E-state index in [1.54, 1.807) is 0 Å². The van der Waals surface area contributed by atoms with Gasteiger partial charge in [-0.15, -0.1) is 0 Å². The number of rotatable bonds is 3. The van der Waals surface area contributed by atoms with Gasteiger partial charge in [0.25, 0.3) is 0 Å². The third-order valence-corrected chi connectivity index (χ3v) is 4.42. The highest BCUT2D eigenvalue weighted by molar-refractivity contribution is 8.00. The van der Waals surface area contributed by atoms with Gasteiger partial charge in [0.05, 0.1) is 6.04 Å². The summed E-state index contributed by atoms with van der Waals surface area (Å²) in [7, 11) is 0. The van der Waals surface area contributed by atoms with Gasteiger partial charge in [0, 0.05) is 23.6 Å². The van der Waals surface area contributed by atoms with Crippen LogP contribution in [0.3, 0.4) is 0 Å². The van der Waals surface area contributed by atoms with Crippen molar-refractivity contribution in [2.75, 3.05) is 12.3 Å². The Hall–Kier alpha value is -0.220. The third-order valence-electron chi connectivity index (χ3n) is 3.08. The third kappa shape index (κ3) is 2.42. The minimum Gasteiger partial charge on any atom is -0.386 e. The highest BCUT2D eigenvalue weighted by Crippen LogP contribution is 2.26. The zero-order valence-corrected chi connectivity index (χ0v) is 10.1. The molecule has 3 nitrogen and oxygen atoms in total. The summed E-state index contributed by atoms with van der Waals surface area (Å²) < 4.78 is 0. The molecule has 0 radical (unpaired) electrons. The van der Waals surface area contributed by atoms with E-state index in [4.69, 9.17) is 11.1 Å². The molecule has 82 valence electrons. The predicted molar refractivity (Wildman–Crippen MR) is 64.1 cm³/mol. The quantitative estimate of drug-likeness (QED) is 0.554. The molecular formula is C10H21N3S. The fourth-order valence-corrected chi connectivity index (χ4v) is 3.15. The summed E-state index contributed by atoms with van der Waals surface area (Å²) in [6.07, 6.45) is 0.942. The van der Waals surface area contributed by atoms with Gasteiger partial charge in [0.1, 0.15) is 5.84 Å². The molecule has 0 aromatic carbocycles. The molecule has 1 saturated heterocycles. The SMILES string of the molecule is CCC(C(=N)N)N1CCSC(C)C1C. The van der Waals surface area contributed by atoms with Gasteiger partial charge in [-0.1, -0.05) is 13.8 Å². The Labute approximate surface area is 90.9 Å². The van der Waals surface area contributed by atoms with Gasteiger partial charge in [0.15, 0.2) is 0 Å². The van der Waals surface area contributed by atoms with Crippen LogP contribution in [0.2, 0.25) is 0 Å². The maximum atomic E-state index is 7.57. The first-order valence-corrected chi connectivity index (χ1v) is 6.34. The highest BCUT2D eigenvalue weighted by atomic mass is 32.2. The van der Waals surface area contributed by atoms with E-state index in [2.05, 4.69) is 25.7 Å². The lowest BCUT2D eigenvalue weighted by molar-refractivity contribution is 0.180. The van der Waals surface area contributed by atoms with Crippen molar-refractivity contribution in [2.24, 2.45) is 5.73 Å². The average Bonchev–Trinajstić information content (AvgIpc) is 2.13. The first-order valence-electron chi connectivity index (χ1n) is 5.29. The number of nitrogens with one attached hydrogen (secondary N) is 1. The smallest absolute Gasteiger partial charge is 0.108 e. The maximum Gasteiger partial charge on any atom is 0.108 e. The van der Waals surface area contributed by atoms with Gasteiger partial charge in [-0.3, -0.25) is 10.3 Å². The molecule has 3 N–H and O–H groups in total. The van der Waals surface area contributed by atoms with Crippen molar-refractivity contribution in [3.05, 3.63) is 0 Å². The van der Waals surface area contributed by atoms with Crippen LogP contribution in [-0.2, 0) is 0 Å². The summed E-state index contributed by atoms with van der Waals surface area (Å²) in [6, 6.07) is 0.677. The van der Waals surface area contributed by atoms with E-state index in [9.17, 15) is 0 Å². The number of nitrogens with two attached hydrogens (primary N) is 1. The number of hydrogen-bond acceptors (Lipinski definition) is 3. The van der Waals surface area contributed by atoms with Gasteiger partial charge < -0.3 is 5.73 Å². The van der Waals surface area contributed by atoms with Crippen LogP contribution < -0.4 is 5.73 Å². The summed E-state index contributed by atoms with van der Waals surface area (Å²) in [5, 5.41) is 8.22. The first-order chi connectivity index (χ1) is 6.57. The molecule has 3 unspecified atom stereocenters.